The molecule has 0 aromatic rings. The van der Waals surface area contributed by atoms with E-state index in [2.05, 4.69) is 10.6 Å². The Kier molecular flexibility index (Phi) is 5.37. The van der Waals surface area contributed by atoms with Gasteiger partial charge in [0.05, 0.1) is 6.42 Å². The van der Waals surface area contributed by atoms with Crippen molar-refractivity contribution in [2.45, 2.75) is 50.2 Å². The first kappa shape index (κ1) is 17.7. The molecule has 0 unspecified atom stereocenters. The van der Waals surface area contributed by atoms with Crippen molar-refractivity contribution in [3.8, 4) is 0 Å². The number of aliphatic carboxylic acids is 1. The van der Waals surface area contributed by atoms with Crippen LogP contribution in [-0.2, 0) is 24.0 Å². The summed E-state index contributed by atoms with van der Waals surface area (Å²) in [6.07, 6.45) is 0.851. The van der Waals surface area contributed by atoms with Gasteiger partial charge in [-0.25, -0.2) is 0 Å². The summed E-state index contributed by atoms with van der Waals surface area (Å²) in [5.74, 6) is -3.47. The fraction of sp³-hybridized carbons (Fsp3) is 0.643. The van der Waals surface area contributed by atoms with Crippen molar-refractivity contribution in [3.63, 3.8) is 0 Å². The Hall–Kier alpha value is -2.65. The van der Waals surface area contributed by atoms with Crippen LogP contribution in [0.4, 0.5) is 0 Å². The van der Waals surface area contributed by atoms with Crippen LogP contribution >= 0.6 is 0 Å². The summed E-state index contributed by atoms with van der Waals surface area (Å²) in [5.41, 5.74) is 5.26. The van der Waals surface area contributed by atoms with E-state index in [4.69, 9.17) is 10.8 Å². The van der Waals surface area contributed by atoms with Gasteiger partial charge in [0.2, 0.25) is 23.6 Å². The number of amides is 4. The van der Waals surface area contributed by atoms with Crippen LogP contribution in [0, 0.1) is 0 Å². The first-order valence-corrected chi connectivity index (χ1v) is 7.71. The Labute approximate surface area is 137 Å². The van der Waals surface area contributed by atoms with Gasteiger partial charge >= 0.3 is 5.97 Å². The van der Waals surface area contributed by atoms with Crippen molar-refractivity contribution in [1.82, 2.24) is 15.5 Å². The third-order valence-corrected chi connectivity index (χ3v) is 4.17. The molecule has 2 aliphatic rings. The summed E-state index contributed by atoms with van der Waals surface area (Å²) in [6, 6.07) is -2.89. The average Bonchev–Trinajstić information content (AvgIpc) is 3.13. The number of carboxylic acids is 1. The normalized spacial score (nSPS) is 24.3. The molecule has 132 valence electrons. The van der Waals surface area contributed by atoms with E-state index in [1.807, 2.05) is 0 Å². The van der Waals surface area contributed by atoms with Gasteiger partial charge in [-0.15, -0.1) is 0 Å². The number of hydrogen-bond donors (Lipinski definition) is 4. The minimum absolute atomic E-state index is 0.200. The van der Waals surface area contributed by atoms with Crippen LogP contribution in [0.25, 0.3) is 0 Å². The molecule has 2 rings (SSSR count). The van der Waals surface area contributed by atoms with E-state index < -0.39 is 48.2 Å². The van der Waals surface area contributed by atoms with E-state index in [9.17, 15) is 24.0 Å². The second-order valence-corrected chi connectivity index (χ2v) is 5.91. The number of nitrogens with one attached hydrogen (secondary N) is 2. The summed E-state index contributed by atoms with van der Waals surface area (Å²) in [4.78, 5) is 59.5. The molecule has 0 aromatic carbocycles. The van der Waals surface area contributed by atoms with Crippen LogP contribution in [0.1, 0.15) is 32.1 Å². The highest BCUT2D eigenvalue weighted by molar-refractivity contribution is 5.96. The third-order valence-electron chi connectivity index (χ3n) is 4.17. The molecule has 10 nitrogen and oxygen atoms in total. The molecule has 0 aromatic heterocycles. The molecule has 2 fully saturated rings. The molecule has 0 saturated carbocycles. The molecule has 0 aliphatic carbocycles. The Morgan fingerprint density at radius 1 is 1.33 bits per heavy atom. The van der Waals surface area contributed by atoms with Crippen LogP contribution in [0.15, 0.2) is 0 Å². The van der Waals surface area contributed by atoms with Crippen molar-refractivity contribution < 1.29 is 29.1 Å². The second kappa shape index (κ2) is 7.28. The fourth-order valence-corrected chi connectivity index (χ4v) is 2.98. The summed E-state index contributed by atoms with van der Waals surface area (Å²) in [5, 5.41) is 13.8. The van der Waals surface area contributed by atoms with Crippen molar-refractivity contribution in [3.05, 3.63) is 0 Å². The summed E-state index contributed by atoms with van der Waals surface area (Å²) in [6.45, 7) is 0.276. The Morgan fingerprint density at radius 2 is 2.04 bits per heavy atom. The molecule has 3 atom stereocenters. The summed E-state index contributed by atoms with van der Waals surface area (Å²) < 4.78 is 0. The highest BCUT2D eigenvalue weighted by atomic mass is 16.4. The van der Waals surface area contributed by atoms with Crippen molar-refractivity contribution in [1.29, 1.82) is 0 Å². The van der Waals surface area contributed by atoms with E-state index in [0.29, 0.717) is 12.8 Å². The quantitative estimate of drug-likeness (QED) is 0.425. The monoisotopic (exact) mass is 340 g/mol. The molecule has 0 radical (unpaired) electrons. The smallest absolute Gasteiger partial charge is 0.305 e. The van der Waals surface area contributed by atoms with Crippen LogP contribution < -0.4 is 16.4 Å². The van der Waals surface area contributed by atoms with Crippen LogP contribution in [0.2, 0.25) is 0 Å². The van der Waals surface area contributed by atoms with E-state index in [0.717, 1.165) is 0 Å². The molecule has 10 heteroatoms. The Balaban J connectivity index is 2.08. The van der Waals surface area contributed by atoms with Gasteiger partial charge in [-0.2, -0.15) is 0 Å². The standard InChI is InChI=1S/C14H20N4O6/c15-12(22)9-2-1-5-18(9)14(24)8(6-11(20)21)17-13(23)7-3-4-10(19)16-7/h7-9H,1-6H2,(H2,15,22)(H,16,19)(H,17,23)(H,20,21)/t7-,8-,9-/m0/s1. The molecule has 0 bridgehead atoms. The zero-order chi connectivity index (χ0) is 17.9. The molecular weight excluding hydrogens is 320 g/mol. The van der Waals surface area contributed by atoms with Gasteiger partial charge in [0.25, 0.3) is 0 Å². The van der Waals surface area contributed by atoms with E-state index in [1.54, 1.807) is 0 Å². The van der Waals surface area contributed by atoms with E-state index >= 15 is 0 Å². The fourth-order valence-electron chi connectivity index (χ4n) is 2.98. The molecule has 4 amide bonds. The number of carboxylic acid groups (broad SMARTS) is 1. The van der Waals surface area contributed by atoms with Crippen molar-refractivity contribution >= 4 is 29.6 Å². The van der Waals surface area contributed by atoms with Gasteiger partial charge in [0.15, 0.2) is 0 Å². The molecule has 0 spiro atoms. The molecule has 5 N–H and O–H groups in total. The number of carbonyl (C=O) groups is 5. The lowest BCUT2D eigenvalue weighted by molar-refractivity contribution is -0.145. The molecular formula is C14H20N4O6. The van der Waals surface area contributed by atoms with Crippen molar-refractivity contribution in [2.75, 3.05) is 6.54 Å². The number of rotatable bonds is 6. The van der Waals surface area contributed by atoms with E-state index in [-0.39, 0.29) is 25.3 Å². The SMILES string of the molecule is NC(=O)[C@@H]1CCCN1C(=O)[C@H](CC(=O)O)NC(=O)[C@@H]1CCC(=O)N1. The first-order chi connectivity index (χ1) is 11.3. The summed E-state index contributed by atoms with van der Waals surface area (Å²) in [7, 11) is 0. The number of primary amides is 1. The van der Waals surface area contributed by atoms with Crippen LogP contribution in [0.3, 0.4) is 0 Å². The maximum absolute atomic E-state index is 12.6. The van der Waals surface area contributed by atoms with Crippen LogP contribution in [-0.4, -0.2) is 64.3 Å². The number of carbonyl (C=O) groups excluding carboxylic acids is 4. The van der Waals surface area contributed by atoms with Gasteiger partial charge in [-0.3, -0.25) is 24.0 Å². The largest absolute Gasteiger partial charge is 0.481 e. The minimum atomic E-state index is -1.31. The number of likely N-dealkylation sites (tertiary alicyclic amines) is 1. The maximum Gasteiger partial charge on any atom is 0.305 e. The molecule has 2 aliphatic heterocycles. The number of nitrogens with two attached hydrogens (primary N) is 1. The summed E-state index contributed by atoms with van der Waals surface area (Å²) >= 11 is 0. The van der Waals surface area contributed by atoms with Gasteiger partial charge in [-0.05, 0) is 19.3 Å². The Morgan fingerprint density at radius 3 is 2.58 bits per heavy atom. The second-order valence-electron chi connectivity index (χ2n) is 5.91. The lowest BCUT2D eigenvalue weighted by Crippen LogP contribution is -2.55. The highest BCUT2D eigenvalue weighted by Gasteiger charge is 2.38. The lowest BCUT2D eigenvalue weighted by Gasteiger charge is -2.27. The molecule has 24 heavy (non-hydrogen) atoms. The minimum Gasteiger partial charge on any atom is -0.481 e. The topological polar surface area (TPSA) is 159 Å². The number of nitrogens with zero attached hydrogens (tertiary/aromatic N) is 1. The van der Waals surface area contributed by atoms with Gasteiger partial charge in [0.1, 0.15) is 18.1 Å². The predicted octanol–water partition coefficient (Wildman–Crippen LogP) is -2.30. The number of hydrogen-bond acceptors (Lipinski definition) is 5. The lowest BCUT2D eigenvalue weighted by atomic mass is 10.1. The van der Waals surface area contributed by atoms with Gasteiger partial charge in [-0.1, -0.05) is 0 Å². The maximum atomic E-state index is 12.6. The predicted molar refractivity (Wildman–Crippen MR) is 79.3 cm³/mol. The van der Waals surface area contributed by atoms with Crippen molar-refractivity contribution in [2.24, 2.45) is 5.73 Å². The van der Waals surface area contributed by atoms with Gasteiger partial charge in [0, 0.05) is 13.0 Å². The van der Waals surface area contributed by atoms with Crippen LogP contribution in [0.5, 0.6) is 0 Å². The van der Waals surface area contributed by atoms with E-state index in [1.165, 1.54) is 4.90 Å². The highest BCUT2D eigenvalue weighted by Crippen LogP contribution is 2.19. The van der Waals surface area contributed by atoms with Gasteiger partial charge < -0.3 is 26.4 Å². The molecule has 2 saturated heterocycles. The Bertz CT molecular complexity index is 578. The zero-order valence-corrected chi connectivity index (χ0v) is 13.0. The third kappa shape index (κ3) is 4.00. The zero-order valence-electron chi connectivity index (χ0n) is 13.0. The first-order valence-electron chi connectivity index (χ1n) is 7.71. The molecule has 2 heterocycles. The average molecular weight is 340 g/mol.